The minimum atomic E-state index is 0.795. The van der Waals surface area contributed by atoms with Gasteiger partial charge in [-0.1, -0.05) is 41.5 Å². The maximum atomic E-state index is 2.40. The van der Waals surface area contributed by atoms with Crippen molar-refractivity contribution in [3.8, 4) is 0 Å². The van der Waals surface area contributed by atoms with Gasteiger partial charge in [-0.25, -0.2) is 0 Å². The van der Waals surface area contributed by atoms with Crippen LogP contribution < -0.4 is 0 Å². The molecule has 2 heteroatoms. The Hall–Kier alpha value is -0.0800. The van der Waals surface area contributed by atoms with Crippen LogP contribution in [-0.4, -0.2) is 50.6 Å². The highest BCUT2D eigenvalue weighted by atomic mass is 15.1. The number of hydrogen-bond donors (Lipinski definition) is 0. The Bertz CT molecular complexity index is 135. The monoisotopic (exact) mass is 244 g/mol. The Labute approximate surface area is 110 Å². The van der Waals surface area contributed by atoms with Crippen molar-refractivity contribution in [2.45, 2.75) is 41.5 Å². The van der Waals surface area contributed by atoms with E-state index in [1.807, 2.05) is 0 Å². The Morgan fingerprint density at radius 3 is 1.00 bits per heavy atom. The normalized spacial score (nSPS) is 11.6. The van der Waals surface area contributed by atoms with Gasteiger partial charge in [-0.15, -0.1) is 0 Å². The van der Waals surface area contributed by atoms with E-state index in [1.54, 1.807) is 0 Å². The number of nitrogens with zero attached hydrogens (tertiary/aromatic N) is 2. The average Bonchev–Trinajstić information content (AvgIpc) is 1.97. The van der Waals surface area contributed by atoms with E-state index in [9.17, 15) is 0 Å². The van der Waals surface area contributed by atoms with Gasteiger partial charge in [0.05, 0.1) is 0 Å². The summed E-state index contributed by atoms with van der Waals surface area (Å²) in [5.41, 5.74) is 0. The van der Waals surface area contributed by atoms with Gasteiger partial charge >= 0.3 is 0 Å². The zero-order valence-electron chi connectivity index (χ0n) is 13.7. The molecule has 0 spiro atoms. The summed E-state index contributed by atoms with van der Waals surface area (Å²) in [5, 5.41) is 0. The maximum absolute atomic E-state index is 2.40. The molecule has 0 aliphatic heterocycles. The molecule has 0 N–H and O–H groups in total. The van der Waals surface area contributed by atoms with Crippen molar-refractivity contribution < 1.29 is 0 Å². The van der Waals surface area contributed by atoms with Gasteiger partial charge in [-0.2, -0.15) is 0 Å². The summed E-state index contributed by atoms with van der Waals surface area (Å²) in [6.45, 7) is 17.1. The summed E-state index contributed by atoms with van der Waals surface area (Å²) in [7, 11) is 6.39. The van der Waals surface area contributed by atoms with Crippen molar-refractivity contribution in [3.63, 3.8) is 0 Å². The SMILES string of the molecule is CC(C)CN(C)C.CC(C)CN(C)CC(C)C. The first-order valence-corrected chi connectivity index (χ1v) is 6.98. The van der Waals surface area contributed by atoms with E-state index < -0.39 is 0 Å². The van der Waals surface area contributed by atoms with Crippen molar-refractivity contribution in [1.82, 2.24) is 9.80 Å². The lowest BCUT2D eigenvalue weighted by molar-refractivity contribution is 0.265. The Balaban J connectivity index is 0. The fourth-order valence-electron chi connectivity index (χ4n) is 2.05. The van der Waals surface area contributed by atoms with Crippen LogP contribution >= 0.6 is 0 Å². The van der Waals surface area contributed by atoms with E-state index in [-0.39, 0.29) is 0 Å². The molecule has 0 aliphatic carbocycles. The molecule has 0 saturated carbocycles. The lowest BCUT2D eigenvalue weighted by Crippen LogP contribution is -2.27. The molecule has 17 heavy (non-hydrogen) atoms. The zero-order chi connectivity index (χ0) is 14.0. The van der Waals surface area contributed by atoms with Gasteiger partial charge in [0, 0.05) is 13.1 Å². The minimum absolute atomic E-state index is 0.795. The van der Waals surface area contributed by atoms with E-state index in [4.69, 9.17) is 0 Å². The van der Waals surface area contributed by atoms with Gasteiger partial charge < -0.3 is 9.80 Å². The Morgan fingerprint density at radius 2 is 0.882 bits per heavy atom. The van der Waals surface area contributed by atoms with Crippen LogP contribution in [0.5, 0.6) is 0 Å². The van der Waals surface area contributed by atoms with E-state index in [2.05, 4.69) is 72.5 Å². The molecular weight excluding hydrogens is 208 g/mol. The Morgan fingerprint density at radius 1 is 0.588 bits per heavy atom. The number of hydrogen-bond acceptors (Lipinski definition) is 2. The van der Waals surface area contributed by atoms with Gasteiger partial charge in [0.2, 0.25) is 0 Å². The molecule has 0 radical (unpaired) electrons. The first-order chi connectivity index (χ1) is 7.65. The topological polar surface area (TPSA) is 6.48 Å². The van der Waals surface area contributed by atoms with Crippen LogP contribution in [0, 0.1) is 17.8 Å². The van der Waals surface area contributed by atoms with E-state index >= 15 is 0 Å². The molecule has 0 rings (SSSR count). The predicted molar refractivity (Wildman–Crippen MR) is 80.6 cm³/mol. The quantitative estimate of drug-likeness (QED) is 0.706. The van der Waals surface area contributed by atoms with Crippen LogP contribution in [0.15, 0.2) is 0 Å². The second-order valence-corrected chi connectivity index (χ2v) is 6.66. The molecule has 0 aromatic heterocycles. The van der Waals surface area contributed by atoms with Crippen molar-refractivity contribution in [2.75, 3.05) is 40.8 Å². The van der Waals surface area contributed by atoms with E-state index in [0.717, 1.165) is 17.8 Å². The third-order valence-electron chi connectivity index (χ3n) is 2.08. The summed E-state index contributed by atoms with van der Waals surface area (Å²) in [6, 6.07) is 0. The summed E-state index contributed by atoms with van der Waals surface area (Å²) >= 11 is 0. The summed E-state index contributed by atoms with van der Waals surface area (Å²) in [6.07, 6.45) is 0. The predicted octanol–water partition coefficient (Wildman–Crippen LogP) is 3.43. The smallest absolute Gasteiger partial charge is 0.000144 e. The molecule has 0 heterocycles. The van der Waals surface area contributed by atoms with Crippen molar-refractivity contribution in [1.29, 1.82) is 0 Å². The summed E-state index contributed by atoms with van der Waals surface area (Å²) in [5.74, 6) is 2.39. The van der Waals surface area contributed by atoms with E-state index in [1.165, 1.54) is 19.6 Å². The molecule has 106 valence electrons. The summed E-state index contributed by atoms with van der Waals surface area (Å²) in [4.78, 5) is 4.60. The third-order valence-corrected chi connectivity index (χ3v) is 2.08. The molecular formula is C15H36N2. The van der Waals surface area contributed by atoms with Gasteiger partial charge in [0.1, 0.15) is 0 Å². The first-order valence-electron chi connectivity index (χ1n) is 6.98. The van der Waals surface area contributed by atoms with Crippen LogP contribution in [0.1, 0.15) is 41.5 Å². The van der Waals surface area contributed by atoms with Gasteiger partial charge in [0.25, 0.3) is 0 Å². The molecule has 0 atom stereocenters. The Kier molecular flexibility index (Phi) is 12.5. The van der Waals surface area contributed by atoms with Crippen LogP contribution in [0.3, 0.4) is 0 Å². The third kappa shape index (κ3) is 21.7. The molecule has 0 bridgehead atoms. The van der Waals surface area contributed by atoms with Crippen LogP contribution in [0.4, 0.5) is 0 Å². The molecule has 0 aromatic carbocycles. The van der Waals surface area contributed by atoms with Gasteiger partial charge in [0.15, 0.2) is 0 Å². The lowest BCUT2D eigenvalue weighted by Gasteiger charge is -2.20. The van der Waals surface area contributed by atoms with E-state index in [0.29, 0.717) is 0 Å². The first kappa shape index (κ1) is 19.3. The highest BCUT2D eigenvalue weighted by Gasteiger charge is 2.02. The molecule has 0 aromatic rings. The molecule has 0 aliphatic rings. The van der Waals surface area contributed by atoms with Crippen LogP contribution in [-0.2, 0) is 0 Å². The number of rotatable bonds is 6. The van der Waals surface area contributed by atoms with Crippen molar-refractivity contribution >= 4 is 0 Å². The fraction of sp³-hybridized carbons (Fsp3) is 1.00. The van der Waals surface area contributed by atoms with Crippen LogP contribution in [0.2, 0.25) is 0 Å². The van der Waals surface area contributed by atoms with Gasteiger partial charge in [-0.3, -0.25) is 0 Å². The lowest BCUT2D eigenvalue weighted by atomic mass is 10.1. The van der Waals surface area contributed by atoms with Crippen molar-refractivity contribution in [2.24, 2.45) is 17.8 Å². The molecule has 0 unspecified atom stereocenters. The fourth-order valence-corrected chi connectivity index (χ4v) is 2.05. The van der Waals surface area contributed by atoms with Gasteiger partial charge in [-0.05, 0) is 45.4 Å². The highest BCUT2D eigenvalue weighted by Crippen LogP contribution is 1.99. The summed E-state index contributed by atoms with van der Waals surface area (Å²) < 4.78 is 0. The largest absolute Gasteiger partial charge is 0.309 e. The molecule has 0 amide bonds. The minimum Gasteiger partial charge on any atom is -0.309 e. The zero-order valence-corrected chi connectivity index (χ0v) is 13.7. The average molecular weight is 244 g/mol. The maximum Gasteiger partial charge on any atom is 0.000144 e. The highest BCUT2D eigenvalue weighted by molar-refractivity contribution is 4.56. The van der Waals surface area contributed by atoms with Crippen LogP contribution in [0.25, 0.3) is 0 Å². The standard InChI is InChI=1S/C9H21N.C6H15N/c1-8(2)6-10(5)7-9(3)4;1-6(2)5-7(3)4/h8-9H,6-7H2,1-5H3;6H,5H2,1-4H3. The molecule has 2 nitrogen and oxygen atoms in total. The van der Waals surface area contributed by atoms with Crippen molar-refractivity contribution in [3.05, 3.63) is 0 Å². The second kappa shape index (κ2) is 11.0. The second-order valence-electron chi connectivity index (χ2n) is 6.66. The molecule has 0 fully saturated rings. The molecule has 0 saturated heterocycles.